The molecular weight excluding hydrogens is 415 g/mol. The van der Waals surface area contributed by atoms with Crippen LogP contribution in [-0.2, 0) is 6.18 Å². The molecule has 3 rings (SSSR count). The van der Waals surface area contributed by atoms with Crippen LogP contribution in [0.4, 0.5) is 29.3 Å². The van der Waals surface area contributed by atoms with Crippen molar-refractivity contribution in [3.8, 4) is 6.07 Å². The van der Waals surface area contributed by atoms with E-state index in [1.807, 2.05) is 0 Å². The van der Waals surface area contributed by atoms with Crippen molar-refractivity contribution < 1.29 is 18.0 Å². The molecule has 1 aromatic heterocycles. The summed E-state index contributed by atoms with van der Waals surface area (Å²) in [6.45, 7) is 0. The van der Waals surface area contributed by atoms with Crippen LogP contribution in [0.3, 0.4) is 0 Å². The molecule has 3 aromatic rings. The first kappa shape index (κ1) is 17.8. The molecule has 2 amide bonds. The van der Waals surface area contributed by atoms with Crippen LogP contribution in [0.5, 0.6) is 0 Å². The molecule has 1 heterocycles. The Kier molecular flexibility index (Phi) is 4.56. The van der Waals surface area contributed by atoms with Gasteiger partial charge in [0.15, 0.2) is 0 Å². The largest absolute Gasteiger partial charge is 0.449 e. The summed E-state index contributed by atoms with van der Waals surface area (Å²) in [5.41, 5.74) is 0.253. The fraction of sp³-hybridized carbons (Fsp3) is 0.0625. The first-order chi connectivity index (χ1) is 12.3. The Balaban J connectivity index is 1.95. The van der Waals surface area contributed by atoms with Gasteiger partial charge < -0.3 is 15.6 Å². The zero-order chi connectivity index (χ0) is 18.9. The Morgan fingerprint density at radius 1 is 1.15 bits per heavy atom. The number of benzene rings is 2. The Morgan fingerprint density at radius 2 is 1.85 bits per heavy atom. The Labute approximate surface area is 153 Å². The average molecular weight is 424 g/mol. The van der Waals surface area contributed by atoms with E-state index in [2.05, 4.69) is 36.5 Å². The molecule has 0 saturated heterocycles. The number of alkyl halides is 3. The van der Waals surface area contributed by atoms with Crippen molar-refractivity contribution in [2.75, 3.05) is 10.6 Å². The molecule has 132 valence electrons. The topological polar surface area (TPSA) is 93.6 Å². The number of fused-ring (bicyclic) bond motifs is 1. The monoisotopic (exact) mass is 423 g/mol. The maximum absolute atomic E-state index is 12.9. The molecule has 6 nitrogen and oxygen atoms in total. The van der Waals surface area contributed by atoms with Crippen molar-refractivity contribution in [3.05, 3.63) is 52.3 Å². The minimum atomic E-state index is -4.71. The zero-order valence-electron chi connectivity index (χ0n) is 12.8. The van der Waals surface area contributed by atoms with Crippen molar-refractivity contribution in [1.29, 1.82) is 5.26 Å². The van der Waals surface area contributed by atoms with E-state index < -0.39 is 18.0 Å². The number of nitriles is 1. The number of anilines is 2. The molecule has 0 saturated carbocycles. The number of amides is 2. The van der Waals surface area contributed by atoms with Gasteiger partial charge in [-0.05, 0) is 40.2 Å². The maximum Gasteiger partial charge on any atom is 0.449 e. The van der Waals surface area contributed by atoms with Gasteiger partial charge >= 0.3 is 12.2 Å². The van der Waals surface area contributed by atoms with Gasteiger partial charge in [-0.3, -0.25) is 0 Å². The number of rotatable bonds is 2. The molecule has 2 aromatic carbocycles. The van der Waals surface area contributed by atoms with Crippen LogP contribution in [-0.4, -0.2) is 16.0 Å². The van der Waals surface area contributed by atoms with Gasteiger partial charge in [-0.15, -0.1) is 0 Å². The van der Waals surface area contributed by atoms with Crippen LogP contribution in [0.25, 0.3) is 11.0 Å². The molecule has 0 radical (unpaired) electrons. The average Bonchev–Trinajstić information content (AvgIpc) is 3.03. The SMILES string of the molecule is N#Cc1ccc(NC(=O)Nc2ccccc2Br)c2[nH]c(C(F)(F)F)nc12. The predicted octanol–water partition coefficient (Wildman–Crippen LogP) is 4.86. The number of aromatic amines is 1. The highest BCUT2D eigenvalue weighted by Gasteiger charge is 2.35. The Morgan fingerprint density at radius 3 is 2.50 bits per heavy atom. The Bertz CT molecular complexity index is 1040. The quantitative estimate of drug-likeness (QED) is 0.549. The lowest BCUT2D eigenvalue weighted by Crippen LogP contribution is -2.19. The number of nitrogens with one attached hydrogen (secondary N) is 3. The summed E-state index contributed by atoms with van der Waals surface area (Å²) in [6.07, 6.45) is -4.71. The number of hydrogen-bond acceptors (Lipinski definition) is 3. The number of imidazole rings is 1. The number of carbonyl (C=O) groups is 1. The highest BCUT2D eigenvalue weighted by Crippen LogP contribution is 2.32. The molecule has 0 aliphatic carbocycles. The van der Waals surface area contributed by atoms with Gasteiger partial charge in [0.2, 0.25) is 5.82 Å². The number of aromatic nitrogens is 2. The second-order valence-corrected chi connectivity index (χ2v) is 5.99. The van der Waals surface area contributed by atoms with Gasteiger partial charge in [-0.1, -0.05) is 12.1 Å². The fourth-order valence-corrected chi connectivity index (χ4v) is 2.64. The summed E-state index contributed by atoms with van der Waals surface area (Å²) < 4.78 is 39.4. The van der Waals surface area contributed by atoms with Crippen LogP contribution in [0, 0.1) is 11.3 Å². The molecule has 0 aliphatic rings. The number of hydrogen-bond donors (Lipinski definition) is 3. The van der Waals surface area contributed by atoms with E-state index in [1.54, 1.807) is 30.3 Å². The summed E-state index contributed by atoms with van der Waals surface area (Å²) in [5.74, 6) is -1.25. The molecule has 0 bridgehead atoms. The number of halogens is 4. The fourth-order valence-electron chi connectivity index (χ4n) is 2.26. The van der Waals surface area contributed by atoms with Crippen molar-refractivity contribution in [3.63, 3.8) is 0 Å². The lowest BCUT2D eigenvalue weighted by atomic mass is 10.2. The molecule has 0 unspecified atom stereocenters. The lowest BCUT2D eigenvalue weighted by Gasteiger charge is -2.10. The minimum Gasteiger partial charge on any atom is -0.333 e. The highest BCUT2D eigenvalue weighted by atomic mass is 79.9. The molecule has 0 atom stereocenters. The van der Waals surface area contributed by atoms with Gasteiger partial charge in [-0.25, -0.2) is 9.78 Å². The van der Waals surface area contributed by atoms with E-state index in [1.165, 1.54) is 12.1 Å². The molecule has 10 heteroatoms. The second-order valence-electron chi connectivity index (χ2n) is 5.14. The van der Waals surface area contributed by atoms with E-state index in [9.17, 15) is 18.0 Å². The van der Waals surface area contributed by atoms with Crippen LogP contribution >= 0.6 is 15.9 Å². The first-order valence-electron chi connectivity index (χ1n) is 7.12. The number of carbonyl (C=O) groups excluding carboxylic acids is 1. The summed E-state index contributed by atoms with van der Waals surface area (Å²) in [4.78, 5) is 17.7. The molecule has 0 spiro atoms. The third kappa shape index (κ3) is 3.48. The van der Waals surface area contributed by atoms with Crippen LogP contribution < -0.4 is 10.6 Å². The number of H-pyrrole nitrogens is 1. The van der Waals surface area contributed by atoms with Crippen LogP contribution in [0.1, 0.15) is 11.4 Å². The summed E-state index contributed by atoms with van der Waals surface area (Å²) in [5, 5.41) is 14.1. The standard InChI is InChI=1S/C16H9BrF3N5O/c17-9-3-1-2-4-10(9)22-15(26)23-11-6-5-8(7-21)12-13(11)25-14(24-12)16(18,19)20/h1-6H,(H,24,25)(H2,22,23,26). The van der Waals surface area contributed by atoms with E-state index >= 15 is 0 Å². The van der Waals surface area contributed by atoms with Crippen molar-refractivity contribution in [2.45, 2.75) is 6.18 Å². The van der Waals surface area contributed by atoms with Crippen LogP contribution in [0.15, 0.2) is 40.9 Å². The van der Waals surface area contributed by atoms with Gasteiger partial charge in [0, 0.05) is 4.47 Å². The van der Waals surface area contributed by atoms with Gasteiger partial charge in [0.25, 0.3) is 0 Å². The predicted molar refractivity (Wildman–Crippen MR) is 92.6 cm³/mol. The first-order valence-corrected chi connectivity index (χ1v) is 7.91. The molecule has 3 N–H and O–H groups in total. The second kappa shape index (κ2) is 6.68. The van der Waals surface area contributed by atoms with Gasteiger partial charge in [0.1, 0.15) is 11.6 Å². The molecule has 26 heavy (non-hydrogen) atoms. The number of para-hydroxylation sites is 1. The van der Waals surface area contributed by atoms with Crippen molar-refractivity contribution in [1.82, 2.24) is 9.97 Å². The highest BCUT2D eigenvalue weighted by molar-refractivity contribution is 9.10. The summed E-state index contributed by atoms with van der Waals surface area (Å²) in [6, 6.07) is 10.6. The number of urea groups is 1. The summed E-state index contributed by atoms with van der Waals surface area (Å²) >= 11 is 3.27. The molecule has 0 fully saturated rings. The van der Waals surface area contributed by atoms with Crippen LogP contribution in [0.2, 0.25) is 0 Å². The van der Waals surface area contributed by atoms with Crippen molar-refractivity contribution in [2.24, 2.45) is 0 Å². The Hall–Kier alpha value is -3.06. The van der Waals surface area contributed by atoms with E-state index in [0.717, 1.165) is 0 Å². The van der Waals surface area contributed by atoms with Crippen molar-refractivity contribution >= 4 is 44.4 Å². The molecular formula is C16H9BrF3N5O. The van der Waals surface area contributed by atoms with Gasteiger partial charge in [0.05, 0.1) is 22.5 Å². The van der Waals surface area contributed by atoms with Gasteiger partial charge in [-0.2, -0.15) is 18.4 Å². The molecule has 0 aliphatic heterocycles. The van der Waals surface area contributed by atoms with E-state index in [4.69, 9.17) is 5.26 Å². The third-order valence-electron chi connectivity index (χ3n) is 3.40. The smallest absolute Gasteiger partial charge is 0.333 e. The van der Waals surface area contributed by atoms with E-state index in [-0.39, 0.29) is 22.3 Å². The summed E-state index contributed by atoms with van der Waals surface area (Å²) in [7, 11) is 0. The third-order valence-corrected chi connectivity index (χ3v) is 4.10. The minimum absolute atomic E-state index is 0.0384. The zero-order valence-corrected chi connectivity index (χ0v) is 14.4. The normalized spacial score (nSPS) is 11.2. The van der Waals surface area contributed by atoms with E-state index in [0.29, 0.717) is 10.2 Å². The number of nitrogens with zero attached hydrogens (tertiary/aromatic N) is 2. The lowest BCUT2D eigenvalue weighted by molar-refractivity contribution is -0.144. The maximum atomic E-state index is 12.9.